The molecule has 0 aliphatic heterocycles. The molecule has 8 heteroatoms. The zero-order valence-electron chi connectivity index (χ0n) is 12.1. The number of aromatic nitrogens is 4. The van der Waals surface area contributed by atoms with Gasteiger partial charge in [0.05, 0.1) is 17.3 Å². The molecule has 8 nitrogen and oxygen atoms in total. The van der Waals surface area contributed by atoms with Crippen LogP contribution in [0.5, 0.6) is 0 Å². The third-order valence-electron chi connectivity index (χ3n) is 3.12. The van der Waals surface area contributed by atoms with E-state index in [1.54, 1.807) is 17.9 Å². The minimum Gasteiger partial charge on any atom is -0.476 e. The van der Waals surface area contributed by atoms with Gasteiger partial charge in [-0.3, -0.25) is 14.2 Å². The summed E-state index contributed by atoms with van der Waals surface area (Å²) in [6.45, 7) is 4.46. The first kappa shape index (κ1) is 14.8. The van der Waals surface area contributed by atoms with Crippen LogP contribution >= 0.6 is 0 Å². The second-order valence-corrected chi connectivity index (χ2v) is 4.64. The summed E-state index contributed by atoms with van der Waals surface area (Å²) in [5.74, 6) is -1.70. The second-order valence-electron chi connectivity index (χ2n) is 4.64. The van der Waals surface area contributed by atoms with Crippen LogP contribution in [0.3, 0.4) is 0 Å². The summed E-state index contributed by atoms with van der Waals surface area (Å²) in [6, 6.07) is 1.53. The lowest BCUT2D eigenvalue weighted by Gasteiger charge is -2.15. The highest BCUT2D eigenvalue weighted by atomic mass is 16.4. The van der Waals surface area contributed by atoms with Crippen molar-refractivity contribution < 1.29 is 14.7 Å². The van der Waals surface area contributed by atoms with Crippen molar-refractivity contribution in [1.29, 1.82) is 0 Å². The number of rotatable bonds is 5. The fourth-order valence-corrected chi connectivity index (χ4v) is 2.14. The van der Waals surface area contributed by atoms with E-state index < -0.39 is 11.9 Å². The Balaban J connectivity index is 2.20. The molecule has 2 aromatic heterocycles. The molecule has 0 saturated heterocycles. The summed E-state index contributed by atoms with van der Waals surface area (Å²) in [6.07, 6.45) is 3.05. The van der Waals surface area contributed by atoms with E-state index in [0.29, 0.717) is 6.54 Å². The summed E-state index contributed by atoms with van der Waals surface area (Å²) in [7, 11) is 1.57. The highest BCUT2D eigenvalue weighted by Gasteiger charge is 2.23. The number of aromatic carboxylic acids is 1. The number of nitrogens with zero attached hydrogens (tertiary/aromatic N) is 4. The molecule has 1 amide bonds. The van der Waals surface area contributed by atoms with Gasteiger partial charge in [0.25, 0.3) is 5.91 Å². The maximum atomic E-state index is 12.2. The normalized spacial score (nSPS) is 12.1. The first-order valence-corrected chi connectivity index (χ1v) is 6.53. The van der Waals surface area contributed by atoms with Gasteiger partial charge in [-0.2, -0.15) is 10.2 Å². The number of nitrogens with one attached hydrogen (secondary N) is 1. The van der Waals surface area contributed by atoms with Gasteiger partial charge in [-0.1, -0.05) is 0 Å². The molecule has 2 rings (SSSR count). The molecule has 21 heavy (non-hydrogen) atoms. The summed E-state index contributed by atoms with van der Waals surface area (Å²) >= 11 is 0. The molecular weight excluding hydrogens is 274 g/mol. The number of carbonyl (C=O) groups is 2. The number of hydrogen-bond acceptors (Lipinski definition) is 4. The predicted molar refractivity (Wildman–Crippen MR) is 73.9 cm³/mol. The lowest BCUT2D eigenvalue weighted by Crippen LogP contribution is -2.29. The molecule has 2 aromatic rings. The van der Waals surface area contributed by atoms with E-state index in [1.165, 1.54) is 10.9 Å². The average molecular weight is 291 g/mol. The molecule has 0 aromatic carbocycles. The lowest BCUT2D eigenvalue weighted by atomic mass is 10.2. The standard InChI is InChI=1S/C13H17N5O3/c1-4-18-10(5-6-14-18)8(2)15-12(19)9-7-17(3)16-11(9)13(20)21/h5-8H,4H2,1-3H3,(H,15,19)(H,20,21). The zero-order valence-corrected chi connectivity index (χ0v) is 12.1. The molecule has 2 N–H and O–H groups in total. The quantitative estimate of drug-likeness (QED) is 0.849. The molecule has 1 atom stereocenters. The third-order valence-corrected chi connectivity index (χ3v) is 3.12. The van der Waals surface area contributed by atoms with Gasteiger partial charge in [-0.05, 0) is 19.9 Å². The van der Waals surface area contributed by atoms with Crippen LogP contribution < -0.4 is 5.32 Å². The Labute approximate surface area is 121 Å². The highest BCUT2D eigenvalue weighted by Crippen LogP contribution is 2.14. The summed E-state index contributed by atoms with van der Waals surface area (Å²) in [5.41, 5.74) is 0.636. The number of carboxylic acid groups (broad SMARTS) is 1. The first-order valence-electron chi connectivity index (χ1n) is 6.53. The van der Waals surface area contributed by atoms with E-state index in [2.05, 4.69) is 15.5 Å². The SMILES string of the molecule is CCn1nccc1C(C)NC(=O)c1cn(C)nc1C(=O)O. The van der Waals surface area contributed by atoms with Crippen LogP contribution in [-0.2, 0) is 13.6 Å². The summed E-state index contributed by atoms with van der Waals surface area (Å²) < 4.78 is 3.08. The molecular formula is C13H17N5O3. The van der Waals surface area contributed by atoms with E-state index in [1.807, 2.05) is 19.9 Å². The first-order chi connectivity index (χ1) is 9.93. The van der Waals surface area contributed by atoms with Crippen LogP contribution in [0, 0.1) is 0 Å². The fourth-order valence-electron chi connectivity index (χ4n) is 2.14. The largest absolute Gasteiger partial charge is 0.476 e. The molecule has 0 bridgehead atoms. The molecule has 0 radical (unpaired) electrons. The van der Waals surface area contributed by atoms with E-state index in [0.717, 1.165) is 5.69 Å². The maximum Gasteiger partial charge on any atom is 0.357 e. The van der Waals surface area contributed by atoms with Crippen LogP contribution in [-0.4, -0.2) is 36.5 Å². The molecule has 0 spiro atoms. The highest BCUT2D eigenvalue weighted by molar-refractivity contribution is 6.03. The molecule has 1 unspecified atom stereocenters. The van der Waals surface area contributed by atoms with Crippen molar-refractivity contribution in [2.45, 2.75) is 26.4 Å². The molecule has 112 valence electrons. The van der Waals surface area contributed by atoms with Gasteiger partial charge in [0, 0.05) is 26.0 Å². The molecule has 0 aliphatic rings. The minimum atomic E-state index is -1.23. The molecule has 0 saturated carbocycles. The smallest absolute Gasteiger partial charge is 0.357 e. The van der Waals surface area contributed by atoms with Gasteiger partial charge >= 0.3 is 5.97 Å². The van der Waals surface area contributed by atoms with Crippen LogP contribution in [0.4, 0.5) is 0 Å². The van der Waals surface area contributed by atoms with Crippen molar-refractivity contribution in [2.75, 3.05) is 0 Å². The maximum absolute atomic E-state index is 12.2. The lowest BCUT2D eigenvalue weighted by molar-refractivity contribution is 0.0683. The van der Waals surface area contributed by atoms with Crippen LogP contribution in [0.1, 0.15) is 46.4 Å². The van der Waals surface area contributed by atoms with Crippen molar-refractivity contribution >= 4 is 11.9 Å². The molecule has 2 heterocycles. The Morgan fingerprint density at radius 3 is 2.81 bits per heavy atom. The number of hydrogen-bond donors (Lipinski definition) is 2. The average Bonchev–Trinajstić information content (AvgIpc) is 3.04. The van der Waals surface area contributed by atoms with E-state index >= 15 is 0 Å². The Kier molecular flexibility index (Phi) is 4.06. The Hall–Kier alpha value is -2.64. The topological polar surface area (TPSA) is 102 Å². The minimum absolute atomic E-state index is 0.0411. The van der Waals surface area contributed by atoms with Gasteiger partial charge < -0.3 is 10.4 Å². The number of carbonyl (C=O) groups excluding carboxylic acids is 1. The number of amides is 1. The van der Waals surface area contributed by atoms with Crippen LogP contribution in [0.2, 0.25) is 0 Å². The van der Waals surface area contributed by atoms with Crippen molar-refractivity contribution in [3.05, 3.63) is 35.4 Å². The van der Waals surface area contributed by atoms with E-state index in [4.69, 9.17) is 5.11 Å². The van der Waals surface area contributed by atoms with Crippen molar-refractivity contribution in [1.82, 2.24) is 24.9 Å². The predicted octanol–water partition coefficient (Wildman–Crippen LogP) is 0.826. The van der Waals surface area contributed by atoms with Gasteiger partial charge in [-0.25, -0.2) is 4.79 Å². The monoisotopic (exact) mass is 291 g/mol. The summed E-state index contributed by atoms with van der Waals surface area (Å²) in [4.78, 5) is 23.3. The number of aryl methyl sites for hydroxylation is 2. The number of carboxylic acids is 1. The Morgan fingerprint density at radius 2 is 2.19 bits per heavy atom. The van der Waals surface area contributed by atoms with Gasteiger partial charge in [0.1, 0.15) is 0 Å². The van der Waals surface area contributed by atoms with Gasteiger partial charge in [0.15, 0.2) is 5.69 Å². The van der Waals surface area contributed by atoms with Crippen molar-refractivity contribution in [3.8, 4) is 0 Å². The van der Waals surface area contributed by atoms with Gasteiger partial charge in [-0.15, -0.1) is 0 Å². The zero-order chi connectivity index (χ0) is 15.6. The third kappa shape index (κ3) is 2.93. The van der Waals surface area contributed by atoms with Crippen molar-refractivity contribution in [3.63, 3.8) is 0 Å². The van der Waals surface area contributed by atoms with Crippen LogP contribution in [0.25, 0.3) is 0 Å². The van der Waals surface area contributed by atoms with E-state index in [-0.39, 0.29) is 17.3 Å². The van der Waals surface area contributed by atoms with Gasteiger partial charge in [0.2, 0.25) is 0 Å². The van der Waals surface area contributed by atoms with E-state index in [9.17, 15) is 9.59 Å². The Bertz CT molecular complexity index is 673. The van der Waals surface area contributed by atoms with Crippen LogP contribution in [0.15, 0.2) is 18.5 Å². The summed E-state index contributed by atoms with van der Waals surface area (Å²) in [5, 5.41) is 19.7. The molecule has 0 fully saturated rings. The molecule has 0 aliphatic carbocycles. The Morgan fingerprint density at radius 1 is 1.48 bits per heavy atom. The fraction of sp³-hybridized carbons (Fsp3) is 0.385. The van der Waals surface area contributed by atoms with Crippen molar-refractivity contribution in [2.24, 2.45) is 7.05 Å². The second kappa shape index (κ2) is 5.78.